The van der Waals surface area contributed by atoms with Crippen LogP contribution < -0.4 is 20.1 Å². The summed E-state index contributed by atoms with van der Waals surface area (Å²) in [7, 11) is 0. The molecule has 1 aliphatic heterocycles. The molecule has 0 spiro atoms. The summed E-state index contributed by atoms with van der Waals surface area (Å²) < 4.78 is 16.4. The van der Waals surface area contributed by atoms with Gasteiger partial charge in [-0.1, -0.05) is 12.1 Å². The van der Waals surface area contributed by atoms with Crippen molar-refractivity contribution in [2.24, 2.45) is 0 Å². The Morgan fingerprint density at radius 3 is 2.77 bits per heavy atom. The summed E-state index contributed by atoms with van der Waals surface area (Å²) in [6.07, 6.45) is 1.59. The third kappa shape index (κ3) is 5.04. The van der Waals surface area contributed by atoms with Crippen LogP contribution in [0.25, 0.3) is 0 Å². The number of carbonyl (C=O) groups excluding carboxylic acids is 1. The van der Waals surface area contributed by atoms with Gasteiger partial charge in [-0.3, -0.25) is 15.0 Å². The lowest BCUT2D eigenvalue weighted by Crippen LogP contribution is -2.33. The molecule has 0 aliphatic carbocycles. The number of anilines is 2. The van der Waals surface area contributed by atoms with Gasteiger partial charge >= 0.3 is 17.8 Å². The van der Waals surface area contributed by atoms with E-state index in [1.54, 1.807) is 25.1 Å². The van der Waals surface area contributed by atoms with Gasteiger partial charge in [0.2, 0.25) is 11.6 Å². The zero-order valence-electron chi connectivity index (χ0n) is 16.6. The second kappa shape index (κ2) is 9.72. The highest BCUT2D eigenvalue weighted by Crippen LogP contribution is 2.34. The number of benzene rings is 1. The van der Waals surface area contributed by atoms with Crippen molar-refractivity contribution in [2.45, 2.75) is 32.7 Å². The van der Waals surface area contributed by atoms with E-state index in [2.05, 4.69) is 9.97 Å². The number of nitrogens with two attached hydrogens (primary N) is 1. The van der Waals surface area contributed by atoms with Crippen LogP contribution in [0.15, 0.2) is 24.3 Å². The van der Waals surface area contributed by atoms with Gasteiger partial charge in [0.1, 0.15) is 5.75 Å². The maximum Gasteiger partial charge on any atom is 0.415 e. The third-order valence-electron chi connectivity index (χ3n) is 4.33. The number of nitro groups is 1. The van der Waals surface area contributed by atoms with Crippen molar-refractivity contribution in [3.8, 4) is 11.8 Å². The molecule has 0 radical (unpaired) electrons. The minimum atomic E-state index is -0.805. The van der Waals surface area contributed by atoms with Gasteiger partial charge in [-0.2, -0.15) is 9.97 Å². The molecule has 30 heavy (non-hydrogen) atoms. The van der Waals surface area contributed by atoms with Crippen molar-refractivity contribution in [1.82, 2.24) is 9.97 Å². The van der Waals surface area contributed by atoms with Crippen LogP contribution in [0.2, 0.25) is 0 Å². The third-order valence-corrected chi connectivity index (χ3v) is 4.33. The molecule has 0 unspecified atom stereocenters. The maximum atomic E-state index is 12.7. The van der Waals surface area contributed by atoms with Gasteiger partial charge in [-0.25, -0.2) is 4.79 Å². The number of nitrogens with zero attached hydrogens (tertiary/aromatic N) is 4. The fourth-order valence-electron chi connectivity index (χ4n) is 2.94. The first-order chi connectivity index (χ1) is 14.5. The Balaban J connectivity index is 2.11. The molecule has 0 fully saturated rings. The van der Waals surface area contributed by atoms with Crippen LogP contribution >= 0.6 is 0 Å². The van der Waals surface area contributed by atoms with Crippen molar-refractivity contribution >= 4 is 23.4 Å². The zero-order chi connectivity index (χ0) is 21.5. The number of amides is 1. The van der Waals surface area contributed by atoms with E-state index in [4.69, 9.17) is 19.9 Å². The minimum absolute atomic E-state index is 0.0488. The number of carbonyl (C=O) groups is 1. The molecule has 0 saturated heterocycles. The van der Waals surface area contributed by atoms with E-state index >= 15 is 0 Å². The van der Waals surface area contributed by atoms with Crippen molar-refractivity contribution in [3.63, 3.8) is 0 Å². The van der Waals surface area contributed by atoms with E-state index in [9.17, 15) is 14.9 Å². The van der Waals surface area contributed by atoms with E-state index in [1.165, 1.54) is 0 Å². The van der Waals surface area contributed by atoms with Crippen LogP contribution in [0.1, 0.15) is 31.7 Å². The standard InChI is InChI=1S/C19H23N5O6/c1-2-28-19(25)23-12-13-7-6-8-14(11-13)29-9-4-3-5-10-30-18-21-16(20)15(24(26)27)17(23)22-18/h6-8,11H,2-5,9-10,12H2,1H3,(H2,20,21,22). The molecule has 160 valence electrons. The van der Waals surface area contributed by atoms with E-state index in [0.29, 0.717) is 30.9 Å². The van der Waals surface area contributed by atoms with Gasteiger partial charge in [-0.15, -0.1) is 0 Å². The summed E-state index contributed by atoms with van der Waals surface area (Å²) >= 11 is 0. The molecule has 1 aliphatic rings. The molecule has 2 heterocycles. The Morgan fingerprint density at radius 1 is 1.27 bits per heavy atom. The normalized spacial score (nSPS) is 14.5. The van der Waals surface area contributed by atoms with Gasteiger partial charge in [-0.05, 0) is 43.9 Å². The predicted octanol–water partition coefficient (Wildman–Crippen LogP) is 3.07. The number of ether oxygens (including phenoxy) is 3. The molecule has 11 nitrogen and oxygen atoms in total. The van der Waals surface area contributed by atoms with Crippen LogP contribution in [-0.4, -0.2) is 40.8 Å². The monoisotopic (exact) mass is 417 g/mol. The molecule has 1 aromatic heterocycles. The van der Waals surface area contributed by atoms with Gasteiger partial charge < -0.3 is 19.9 Å². The lowest BCUT2D eigenvalue weighted by Gasteiger charge is -2.21. The summed E-state index contributed by atoms with van der Waals surface area (Å²) in [6, 6.07) is 6.98. The fraction of sp³-hybridized carbons (Fsp3) is 0.421. The summed E-state index contributed by atoms with van der Waals surface area (Å²) in [4.78, 5) is 32.7. The second-order valence-electron chi connectivity index (χ2n) is 6.51. The molecule has 4 bridgehead atoms. The molecule has 0 atom stereocenters. The SMILES string of the molecule is CCOC(=O)N1Cc2cccc(c2)OCCCCCOc2nc(N)c([N+](=O)[O-])c1n2. The van der Waals surface area contributed by atoms with Crippen LogP contribution in [0.5, 0.6) is 11.8 Å². The molecular weight excluding hydrogens is 394 g/mol. The molecule has 11 heteroatoms. The number of hydrogen-bond acceptors (Lipinski definition) is 9. The summed E-state index contributed by atoms with van der Waals surface area (Å²) in [5, 5.41) is 11.7. The van der Waals surface area contributed by atoms with Crippen LogP contribution in [0, 0.1) is 10.1 Å². The average molecular weight is 417 g/mol. The van der Waals surface area contributed by atoms with Gasteiger partial charge in [0.15, 0.2) is 0 Å². The molecule has 1 amide bonds. The Morgan fingerprint density at radius 2 is 2.03 bits per heavy atom. The van der Waals surface area contributed by atoms with Crippen LogP contribution in [0.3, 0.4) is 0 Å². The predicted molar refractivity (Wildman–Crippen MR) is 108 cm³/mol. The smallest absolute Gasteiger partial charge is 0.415 e. The summed E-state index contributed by atoms with van der Waals surface area (Å²) in [5.41, 5.74) is 5.90. The van der Waals surface area contributed by atoms with E-state index in [1.807, 2.05) is 6.07 Å². The number of aromatic nitrogens is 2. The molecule has 2 aromatic rings. The first kappa shape index (κ1) is 21.1. The first-order valence-corrected chi connectivity index (χ1v) is 9.60. The van der Waals surface area contributed by atoms with Crippen molar-refractivity contribution < 1.29 is 23.9 Å². The highest BCUT2D eigenvalue weighted by atomic mass is 16.6. The van der Waals surface area contributed by atoms with E-state index in [-0.39, 0.29) is 25.0 Å². The Hall–Kier alpha value is -3.63. The Bertz CT molecular complexity index is 922. The fourth-order valence-corrected chi connectivity index (χ4v) is 2.94. The van der Waals surface area contributed by atoms with Crippen LogP contribution in [-0.2, 0) is 11.3 Å². The lowest BCUT2D eigenvalue weighted by molar-refractivity contribution is -0.383. The van der Waals surface area contributed by atoms with Gasteiger partial charge in [0.05, 0.1) is 31.3 Å². The van der Waals surface area contributed by atoms with Crippen LogP contribution in [0.4, 0.5) is 22.1 Å². The number of fused-ring (bicyclic) bond motifs is 4. The van der Waals surface area contributed by atoms with Crippen molar-refractivity contribution in [1.29, 1.82) is 0 Å². The maximum absolute atomic E-state index is 12.7. The zero-order valence-corrected chi connectivity index (χ0v) is 16.6. The number of nitrogen functional groups attached to an aromatic ring is 1. The van der Waals surface area contributed by atoms with E-state index in [0.717, 1.165) is 17.7 Å². The molecule has 0 saturated carbocycles. The highest BCUT2D eigenvalue weighted by Gasteiger charge is 2.32. The van der Waals surface area contributed by atoms with Crippen molar-refractivity contribution in [3.05, 3.63) is 39.9 Å². The number of rotatable bonds is 2. The molecular formula is C19H23N5O6. The summed E-state index contributed by atoms with van der Waals surface area (Å²) in [6.45, 7) is 2.50. The van der Waals surface area contributed by atoms with Gasteiger partial charge in [0, 0.05) is 0 Å². The van der Waals surface area contributed by atoms with Gasteiger partial charge in [0.25, 0.3) is 0 Å². The minimum Gasteiger partial charge on any atom is -0.494 e. The van der Waals surface area contributed by atoms with E-state index < -0.39 is 22.5 Å². The average Bonchev–Trinajstić information content (AvgIpc) is 2.70. The Labute approximate surface area is 172 Å². The first-order valence-electron chi connectivity index (χ1n) is 9.60. The highest BCUT2D eigenvalue weighted by molar-refractivity contribution is 5.90. The van der Waals surface area contributed by atoms with Crippen molar-refractivity contribution in [2.75, 3.05) is 30.5 Å². The second-order valence-corrected chi connectivity index (χ2v) is 6.51. The Kier molecular flexibility index (Phi) is 6.83. The molecule has 2 N–H and O–H groups in total. The topological polar surface area (TPSA) is 143 Å². The lowest BCUT2D eigenvalue weighted by atomic mass is 10.2. The summed E-state index contributed by atoms with van der Waals surface area (Å²) in [5.74, 6) is -0.0438. The molecule has 3 rings (SSSR count). The largest absolute Gasteiger partial charge is 0.494 e. The molecule has 1 aromatic carbocycles. The quantitative estimate of drug-likeness (QED) is 0.576. The number of hydrogen-bond donors (Lipinski definition) is 1.